The molecule has 150 valence electrons. The van der Waals surface area contributed by atoms with Crippen molar-refractivity contribution in [2.75, 3.05) is 25.0 Å². The fourth-order valence-corrected chi connectivity index (χ4v) is 2.88. The molecule has 0 unspecified atom stereocenters. The minimum atomic E-state index is -0.595. The van der Waals surface area contributed by atoms with E-state index < -0.39 is 18.5 Å². The molecule has 2 aromatic rings. The van der Waals surface area contributed by atoms with Gasteiger partial charge in [0, 0.05) is 29.9 Å². The molecule has 1 aromatic heterocycles. The van der Waals surface area contributed by atoms with Crippen molar-refractivity contribution in [1.29, 1.82) is 0 Å². The van der Waals surface area contributed by atoms with Crippen molar-refractivity contribution in [1.82, 2.24) is 4.90 Å². The first-order chi connectivity index (χ1) is 13.3. The molecule has 0 aliphatic rings. The van der Waals surface area contributed by atoms with Gasteiger partial charge in [-0.05, 0) is 58.9 Å². The van der Waals surface area contributed by atoms with Crippen LogP contribution in [0, 0.1) is 20.8 Å². The quantitative estimate of drug-likeness (QED) is 0.736. The summed E-state index contributed by atoms with van der Waals surface area (Å²) in [6.07, 6.45) is 0. The first kappa shape index (κ1) is 21.2. The number of furan rings is 1. The molecule has 0 saturated carbocycles. The Morgan fingerprint density at radius 3 is 2.11 bits per heavy atom. The number of hydrogen-bond acceptors (Lipinski definition) is 5. The maximum absolute atomic E-state index is 12.3. The molecular weight excluding hydrogens is 360 g/mol. The van der Waals surface area contributed by atoms with Crippen LogP contribution in [0.5, 0.6) is 0 Å². The zero-order valence-electron chi connectivity index (χ0n) is 16.9. The number of nitrogens with one attached hydrogen (secondary N) is 1. The van der Waals surface area contributed by atoms with Crippen molar-refractivity contribution in [2.24, 2.45) is 0 Å². The van der Waals surface area contributed by atoms with Gasteiger partial charge in [-0.2, -0.15) is 0 Å². The van der Waals surface area contributed by atoms with E-state index in [1.54, 1.807) is 49.9 Å². The molecule has 28 heavy (non-hydrogen) atoms. The van der Waals surface area contributed by atoms with Gasteiger partial charge < -0.3 is 19.4 Å². The Balaban J connectivity index is 1.93. The molecule has 0 bridgehead atoms. The average molecular weight is 386 g/mol. The van der Waals surface area contributed by atoms with Gasteiger partial charge in [0.1, 0.15) is 17.1 Å². The van der Waals surface area contributed by atoms with Crippen molar-refractivity contribution in [3.63, 3.8) is 0 Å². The van der Waals surface area contributed by atoms with Crippen molar-refractivity contribution < 1.29 is 23.5 Å². The molecule has 0 saturated heterocycles. The molecule has 2 amide bonds. The van der Waals surface area contributed by atoms with E-state index >= 15 is 0 Å². The lowest BCUT2D eigenvalue weighted by atomic mass is 10.1. The summed E-state index contributed by atoms with van der Waals surface area (Å²) in [4.78, 5) is 38.2. The molecule has 0 radical (unpaired) electrons. The first-order valence-electron chi connectivity index (χ1n) is 9.21. The van der Waals surface area contributed by atoms with Crippen LogP contribution in [0.15, 0.2) is 28.7 Å². The fourth-order valence-electron chi connectivity index (χ4n) is 2.88. The van der Waals surface area contributed by atoms with Gasteiger partial charge in [0.25, 0.3) is 11.8 Å². The van der Waals surface area contributed by atoms with Crippen LogP contribution in [-0.2, 0) is 9.53 Å². The second-order valence-electron chi connectivity index (χ2n) is 6.39. The zero-order valence-corrected chi connectivity index (χ0v) is 16.9. The summed E-state index contributed by atoms with van der Waals surface area (Å²) in [5, 5.41) is 2.64. The van der Waals surface area contributed by atoms with Crippen LogP contribution in [0.25, 0.3) is 0 Å². The van der Waals surface area contributed by atoms with Crippen LogP contribution in [0.4, 0.5) is 5.69 Å². The number of carbonyl (C=O) groups excluding carboxylic acids is 3. The van der Waals surface area contributed by atoms with Gasteiger partial charge in [0.05, 0.1) is 0 Å². The third-order valence-corrected chi connectivity index (χ3v) is 4.57. The summed E-state index contributed by atoms with van der Waals surface area (Å²) in [6, 6.07) is 6.60. The van der Waals surface area contributed by atoms with Crippen LogP contribution in [0.2, 0.25) is 0 Å². The maximum Gasteiger partial charge on any atom is 0.342 e. The molecule has 7 heteroatoms. The Bertz CT molecular complexity index is 864. The van der Waals surface area contributed by atoms with E-state index in [-0.39, 0.29) is 5.91 Å². The third kappa shape index (κ3) is 4.79. The minimum Gasteiger partial charge on any atom is -0.465 e. The number of esters is 1. The highest BCUT2D eigenvalue weighted by molar-refractivity contribution is 5.98. The molecular formula is C21H26N2O5. The Morgan fingerprint density at radius 2 is 1.61 bits per heavy atom. The molecule has 2 rings (SSSR count). The van der Waals surface area contributed by atoms with Gasteiger partial charge in [-0.3, -0.25) is 9.59 Å². The predicted octanol–water partition coefficient (Wildman–Crippen LogP) is 3.48. The summed E-state index contributed by atoms with van der Waals surface area (Å²) in [5.41, 5.74) is 2.12. The van der Waals surface area contributed by atoms with E-state index in [2.05, 4.69) is 5.32 Å². The second kappa shape index (κ2) is 9.21. The summed E-state index contributed by atoms with van der Waals surface area (Å²) in [5.74, 6) is -0.00562. The molecule has 0 fully saturated rings. The van der Waals surface area contributed by atoms with Crippen LogP contribution in [0.3, 0.4) is 0 Å². The maximum atomic E-state index is 12.3. The first-order valence-corrected chi connectivity index (χ1v) is 9.21. The summed E-state index contributed by atoms with van der Waals surface area (Å²) >= 11 is 0. The van der Waals surface area contributed by atoms with E-state index in [0.29, 0.717) is 47.0 Å². The second-order valence-corrected chi connectivity index (χ2v) is 6.39. The van der Waals surface area contributed by atoms with Crippen molar-refractivity contribution >= 4 is 23.5 Å². The van der Waals surface area contributed by atoms with Crippen molar-refractivity contribution in [3.05, 3.63) is 52.5 Å². The van der Waals surface area contributed by atoms with E-state index in [9.17, 15) is 14.4 Å². The zero-order chi connectivity index (χ0) is 20.8. The number of amides is 2. The van der Waals surface area contributed by atoms with Crippen LogP contribution >= 0.6 is 0 Å². The molecule has 0 aliphatic carbocycles. The number of benzene rings is 1. The van der Waals surface area contributed by atoms with Crippen LogP contribution < -0.4 is 5.32 Å². The molecule has 0 atom stereocenters. The monoisotopic (exact) mass is 386 g/mol. The van der Waals surface area contributed by atoms with Crippen LogP contribution in [-0.4, -0.2) is 42.4 Å². The number of anilines is 1. The Morgan fingerprint density at radius 1 is 1.00 bits per heavy atom. The molecule has 1 heterocycles. The van der Waals surface area contributed by atoms with Crippen molar-refractivity contribution in [2.45, 2.75) is 34.6 Å². The van der Waals surface area contributed by atoms with Gasteiger partial charge in [-0.15, -0.1) is 0 Å². The Kier molecular flexibility index (Phi) is 6.98. The Labute approximate surface area is 164 Å². The molecule has 7 nitrogen and oxygen atoms in total. The van der Waals surface area contributed by atoms with Gasteiger partial charge in [0.15, 0.2) is 6.61 Å². The van der Waals surface area contributed by atoms with Crippen LogP contribution in [0.1, 0.15) is 51.6 Å². The molecule has 0 aliphatic heterocycles. The SMILES string of the molecule is CCN(CC)C(=O)c1ccc(NC(=O)COC(=O)c2c(C)oc(C)c2C)cc1. The van der Waals surface area contributed by atoms with E-state index in [1.807, 2.05) is 13.8 Å². The van der Waals surface area contributed by atoms with Gasteiger partial charge in [-0.25, -0.2) is 4.79 Å². The molecule has 1 aromatic carbocycles. The normalized spacial score (nSPS) is 10.5. The van der Waals surface area contributed by atoms with Gasteiger partial charge in [-0.1, -0.05) is 0 Å². The number of rotatable bonds is 7. The average Bonchev–Trinajstić information content (AvgIpc) is 2.93. The smallest absolute Gasteiger partial charge is 0.342 e. The standard InChI is InChI=1S/C21H26N2O5/c1-6-23(7-2)20(25)16-8-10-17(11-9-16)22-18(24)12-27-21(26)19-13(3)14(4)28-15(19)5/h8-11H,6-7,12H2,1-5H3,(H,22,24). The van der Waals surface area contributed by atoms with Crippen molar-refractivity contribution in [3.8, 4) is 0 Å². The fraction of sp³-hybridized carbons (Fsp3) is 0.381. The largest absolute Gasteiger partial charge is 0.465 e. The highest BCUT2D eigenvalue weighted by atomic mass is 16.5. The highest BCUT2D eigenvalue weighted by Crippen LogP contribution is 2.21. The molecule has 1 N–H and O–H groups in total. The summed E-state index contributed by atoms with van der Waals surface area (Å²) in [7, 11) is 0. The molecule has 0 spiro atoms. The summed E-state index contributed by atoms with van der Waals surface area (Å²) < 4.78 is 10.5. The minimum absolute atomic E-state index is 0.0575. The van der Waals surface area contributed by atoms with Gasteiger partial charge in [0.2, 0.25) is 0 Å². The lowest BCUT2D eigenvalue weighted by Gasteiger charge is -2.18. The number of hydrogen-bond donors (Lipinski definition) is 1. The summed E-state index contributed by atoms with van der Waals surface area (Å²) in [6.45, 7) is 9.91. The van der Waals surface area contributed by atoms with E-state index in [1.165, 1.54) is 0 Å². The van der Waals surface area contributed by atoms with E-state index in [0.717, 1.165) is 0 Å². The lowest BCUT2D eigenvalue weighted by molar-refractivity contribution is -0.119. The Hall–Kier alpha value is -3.09. The third-order valence-electron chi connectivity index (χ3n) is 4.57. The predicted molar refractivity (Wildman–Crippen MR) is 106 cm³/mol. The van der Waals surface area contributed by atoms with Gasteiger partial charge >= 0.3 is 5.97 Å². The lowest BCUT2D eigenvalue weighted by Crippen LogP contribution is -2.30. The highest BCUT2D eigenvalue weighted by Gasteiger charge is 2.21. The van der Waals surface area contributed by atoms with E-state index in [4.69, 9.17) is 9.15 Å². The number of carbonyl (C=O) groups is 3. The number of ether oxygens (including phenoxy) is 1. The number of nitrogens with zero attached hydrogens (tertiary/aromatic N) is 1. The number of aryl methyl sites for hydroxylation is 2. The topological polar surface area (TPSA) is 88.9 Å².